The lowest BCUT2D eigenvalue weighted by molar-refractivity contribution is 0.0695. The fourth-order valence-electron chi connectivity index (χ4n) is 1.28. The van der Waals surface area contributed by atoms with Gasteiger partial charge in [0.1, 0.15) is 0 Å². The molecule has 0 aliphatic heterocycles. The fourth-order valence-corrected chi connectivity index (χ4v) is 1.28. The highest BCUT2D eigenvalue weighted by atomic mass is 16.5. The van der Waals surface area contributed by atoms with Crippen LogP contribution < -0.4 is 4.74 Å². The number of hydrogen-bond donors (Lipinski definition) is 1. The maximum atomic E-state index is 10.9. The summed E-state index contributed by atoms with van der Waals surface area (Å²) < 4.78 is 6.39. The van der Waals surface area contributed by atoms with Crippen LogP contribution >= 0.6 is 0 Å². The quantitative estimate of drug-likeness (QED) is 0.814. The molecule has 0 saturated heterocycles. The smallest absolute Gasteiger partial charge is 0.339 e. The number of aromatic carboxylic acids is 1. The zero-order valence-electron chi connectivity index (χ0n) is 8.84. The van der Waals surface area contributed by atoms with Crippen LogP contribution in [0.25, 0.3) is 5.78 Å². The second-order valence-corrected chi connectivity index (χ2v) is 3.12. The number of carboxylic acid groups (broad SMARTS) is 1. The van der Waals surface area contributed by atoms with Crippen LogP contribution in [0, 0.1) is 6.92 Å². The van der Waals surface area contributed by atoms with E-state index in [1.165, 1.54) is 10.7 Å². The third kappa shape index (κ3) is 1.67. The van der Waals surface area contributed by atoms with E-state index >= 15 is 0 Å². The van der Waals surface area contributed by atoms with Gasteiger partial charge in [-0.15, -0.1) is 5.10 Å². The first-order valence-corrected chi connectivity index (χ1v) is 4.72. The van der Waals surface area contributed by atoms with Crippen molar-refractivity contribution in [1.29, 1.82) is 0 Å². The molecule has 2 aromatic heterocycles. The molecule has 2 rings (SSSR count). The van der Waals surface area contributed by atoms with Gasteiger partial charge in [-0.05, 0) is 13.8 Å². The van der Waals surface area contributed by atoms with Crippen LogP contribution in [0.1, 0.15) is 23.0 Å². The molecule has 0 spiro atoms. The second-order valence-electron chi connectivity index (χ2n) is 3.12. The average molecular weight is 222 g/mol. The minimum absolute atomic E-state index is 0.0976. The van der Waals surface area contributed by atoms with E-state index in [0.29, 0.717) is 18.1 Å². The molecular formula is C9H10N4O3. The molecule has 0 bridgehead atoms. The van der Waals surface area contributed by atoms with Crippen LogP contribution in [-0.4, -0.2) is 37.3 Å². The first-order chi connectivity index (χ1) is 7.61. The van der Waals surface area contributed by atoms with Crippen LogP contribution in [0.5, 0.6) is 6.01 Å². The molecule has 0 fully saturated rings. The van der Waals surface area contributed by atoms with Gasteiger partial charge in [-0.1, -0.05) is 0 Å². The Kier molecular flexibility index (Phi) is 2.43. The number of aryl methyl sites for hydroxylation is 1. The first-order valence-electron chi connectivity index (χ1n) is 4.72. The van der Waals surface area contributed by atoms with E-state index in [-0.39, 0.29) is 11.6 Å². The Labute approximate surface area is 90.7 Å². The van der Waals surface area contributed by atoms with Gasteiger partial charge in [-0.25, -0.2) is 14.3 Å². The number of carbonyl (C=O) groups is 1. The van der Waals surface area contributed by atoms with Gasteiger partial charge in [-0.2, -0.15) is 4.98 Å². The van der Waals surface area contributed by atoms with E-state index in [2.05, 4.69) is 15.1 Å². The molecule has 0 atom stereocenters. The molecule has 0 amide bonds. The predicted molar refractivity (Wildman–Crippen MR) is 53.6 cm³/mol. The molecule has 7 nitrogen and oxygen atoms in total. The SMILES string of the molecule is CCOc1nc2nc(C)c(C(=O)O)cn2n1. The predicted octanol–water partition coefficient (Wildman–Crippen LogP) is 0.530. The van der Waals surface area contributed by atoms with Crippen molar-refractivity contribution in [2.24, 2.45) is 0 Å². The van der Waals surface area contributed by atoms with Crippen molar-refractivity contribution in [3.63, 3.8) is 0 Å². The van der Waals surface area contributed by atoms with Crippen LogP contribution in [-0.2, 0) is 0 Å². The normalized spacial score (nSPS) is 10.6. The summed E-state index contributed by atoms with van der Waals surface area (Å²) in [6.45, 7) is 3.87. The Morgan fingerprint density at radius 1 is 1.56 bits per heavy atom. The third-order valence-electron chi connectivity index (χ3n) is 2.01. The largest absolute Gasteiger partial charge is 0.478 e. The number of nitrogens with zero attached hydrogens (tertiary/aromatic N) is 4. The maximum absolute atomic E-state index is 10.9. The topological polar surface area (TPSA) is 89.6 Å². The number of carboxylic acids is 1. The van der Waals surface area contributed by atoms with E-state index < -0.39 is 5.97 Å². The summed E-state index contributed by atoms with van der Waals surface area (Å²) in [5.74, 6) is -0.716. The van der Waals surface area contributed by atoms with Crippen LogP contribution in [0.3, 0.4) is 0 Å². The Morgan fingerprint density at radius 2 is 2.31 bits per heavy atom. The van der Waals surface area contributed by atoms with Crippen molar-refractivity contribution >= 4 is 11.7 Å². The summed E-state index contributed by atoms with van der Waals surface area (Å²) in [6.07, 6.45) is 1.37. The van der Waals surface area contributed by atoms with Gasteiger partial charge in [0.15, 0.2) is 0 Å². The standard InChI is InChI=1S/C9H10N4O3/c1-3-16-9-11-8-10-5(2)6(7(14)15)4-13(8)12-9/h4H,3H2,1-2H3,(H,14,15). The molecular weight excluding hydrogens is 212 g/mol. The minimum atomic E-state index is -1.04. The Bertz CT molecular complexity index is 549. The van der Waals surface area contributed by atoms with Crippen molar-refractivity contribution in [1.82, 2.24) is 19.6 Å². The molecule has 0 saturated carbocycles. The van der Waals surface area contributed by atoms with Gasteiger partial charge in [0.25, 0.3) is 5.78 Å². The van der Waals surface area contributed by atoms with Gasteiger partial charge >= 0.3 is 12.0 Å². The molecule has 0 aromatic carbocycles. The van der Waals surface area contributed by atoms with Crippen LogP contribution in [0.4, 0.5) is 0 Å². The molecule has 7 heteroatoms. The highest BCUT2D eigenvalue weighted by Crippen LogP contribution is 2.10. The van der Waals surface area contributed by atoms with Crippen molar-refractivity contribution in [2.45, 2.75) is 13.8 Å². The molecule has 16 heavy (non-hydrogen) atoms. The maximum Gasteiger partial charge on any atom is 0.339 e. The zero-order chi connectivity index (χ0) is 11.7. The lowest BCUT2D eigenvalue weighted by Gasteiger charge is -1.98. The molecule has 0 aliphatic carbocycles. The highest BCUT2D eigenvalue weighted by Gasteiger charge is 2.13. The molecule has 84 valence electrons. The Balaban J connectivity index is 2.56. The van der Waals surface area contributed by atoms with Gasteiger partial charge in [0.2, 0.25) is 0 Å². The van der Waals surface area contributed by atoms with Crippen molar-refractivity contribution in [3.8, 4) is 6.01 Å². The van der Waals surface area contributed by atoms with Crippen LogP contribution in [0.2, 0.25) is 0 Å². The molecule has 0 unspecified atom stereocenters. The van der Waals surface area contributed by atoms with Gasteiger partial charge in [0, 0.05) is 6.20 Å². The van der Waals surface area contributed by atoms with E-state index in [4.69, 9.17) is 9.84 Å². The number of fused-ring (bicyclic) bond motifs is 1. The summed E-state index contributed by atoms with van der Waals surface area (Å²) in [6, 6.07) is 0.192. The number of rotatable bonds is 3. The molecule has 1 N–H and O–H groups in total. The average Bonchev–Trinajstić information content (AvgIpc) is 2.58. The Hall–Kier alpha value is -2.18. The molecule has 2 heterocycles. The van der Waals surface area contributed by atoms with Crippen LogP contribution in [0.15, 0.2) is 6.20 Å². The molecule has 0 radical (unpaired) electrons. The van der Waals surface area contributed by atoms with E-state index in [0.717, 1.165) is 0 Å². The van der Waals surface area contributed by atoms with E-state index in [9.17, 15) is 4.79 Å². The van der Waals surface area contributed by atoms with Crippen molar-refractivity contribution in [3.05, 3.63) is 17.5 Å². The highest BCUT2D eigenvalue weighted by molar-refractivity contribution is 5.88. The summed E-state index contributed by atoms with van der Waals surface area (Å²) in [7, 11) is 0. The lowest BCUT2D eigenvalue weighted by atomic mass is 10.2. The van der Waals surface area contributed by atoms with E-state index in [1.807, 2.05) is 6.92 Å². The van der Waals surface area contributed by atoms with Crippen molar-refractivity contribution in [2.75, 3.05) is 6.61 Å². The first kappa shape index (κ1) is 10.3. The summed E-state index contributed by atoms with van der Waals surface area (Å²) in [5, 5.41) is 12.8. The summed E-state index contributed by atoms with van der Waals surface area (Å²) >= 11 is 0. The summed E-state index contributed by atoms with van der Waals surface area (Å²) in [5.41, 5.74) is 0.496. The number of aromatic nitrogens is 4. The lowest BCUT2D eigenvalue weighted by Crippen LogP contribution is -2.05. The fraction of sp³-hybridized carbons (Fsp3) is 0.333. The number of ether oxygens (including phenoxy) is 1. The zero-order valence-corrected chi connectivity index (χ0v) is 8.84. The van der Waals surface area contributed by atoms with Crippen molar-refractivity contribution < 1.29 is 14.6 Å². The number of hydrogen-bond acceptors (Lipinski definition) is 5. The van der Waals surface area contributed by atoms with Gasteiger partial charge in [-0.3, -0.25) is 0 Å². The monoisotopic (exact) mass is 222 g/mol. The second kappa shape index (κ2) is 3.76. The van der Waals surface area contributed by atoms with E-state index in [1.54, 1.807) is 6.92 Å². The van der Waals surface area contributed by atoms with Gasteiger partial charge in [0.05, 0.1) is 17.9 Å². The van der Waals surface area contributed by atoms with Gasteiger partial charge < -0.3 is 9.84 Å². The molecule has 0 aliphatic rings. The summed E-state index contributed by atoms with van der Waals surface area (Å²) in [4.78, 5) is 18.9. The molecule has 2 aromatic rings. The Morgan fingerprint density at radius 3 is 2.94 bits per heavy atom. The third-order valence-corrected chi connectivity index (χ3v) is 2.01. The minimum Gasteiger partial charge on any atom is -0.478 e.